The number of thioether (sulfide) groups is 1. The van der Waals surface area contributed by atoms with E-state index in [1.807, 2.05) is 0 Å². The van der Waals surface area contributed by atoms with E-state index in [0.29, 0.717) is 22.0 Å². The molecule has 0 N–H and O–H groups in total. The van der Waals surface area contributed by atoms with Crippen LogP contribution in [0.4, 0.5) is 5.13 Å². The SMILES string of the molecule is CC(=O)SC1CC(=O)N(c2nnc(Br)s2)C1. The zero-order valence-electron chi connectivity index (χ0n) is 8.34. The van der Waals surface area contributed by atoms with Crippen LogP contribution in [0.15, 0.2) is 3.92 Å². The summed E-state index contributed by atoms with van der Waals surface area (Å²) in [5.74, 6) is 0.00222. The standard InChI is InChI=1S/C8H8BrN3O2S2/c1-4(13)15-5-2-6(14)12(3-5)8-11-10-7(9)16-8/h5H,2-3H2,1H3. The number of nitrogens with zero attached hydrogens (tertiary/aromatic N) is 3. The van der Waals surface area contributed by atoms with E-state index in [2.05, 4.69) is 26.1 Å². The highest BCUT2D eigenvalue weighted by atomic mass is 79.9. The molecule has 5 nitrogen and oxygen atoms in total. The van der Waals surface area contributed by atoms with Gasteiger partial charge in [-0.05, 0) is 15.9 Å². The lowest BCUT2D eigenvalue weighted by molar-refractivity contribution is -0.117. The molecule has 2 heterocycles. The molecule has 86 valence electrons. The van der Waals surface area contributed by atoms with Gasteiger partial charge in [0.15, 0.2) is 9.03 Å². The third kappa shape index (κ3) is 2.61. The van der Waals surface area contributed by atoms with E-state index in [0.717, 1.165) is 0 Å². The molecule has 0 bridgehead atoms. The predicted molar refractivity (Wildman–Crippen MR) is 66.6 cm³/mol. The topological polar surface area (TPSA) is 63.2 Å². The number of aromatic nitrogens is 2. The van der Waals surface area contributed by atoms with Crippen LogP contribution in [-0.2, 0) is 9.59 Å². The lowest BCUT2D eigenvalue weighted by atomic mass is 10.4. The van der Waals surface area contributed by atoms with Crippen molar-refractivity contribution in [1.82, 2.24) is 10.2 Å². The fraction of sp³-hybridized carbons (Fsp3) is 0.500. The number of halogens is 1. The van der Waals surface area contributed by atoms with Crippen LogP contribution in [0.2, 0.25) is 0 Å². The molecule has 0 spiro atoms. The van der Waals surface area contributed by atoms with Crippen molar-refractivity contribution in [3.8, 4) is 0 Å². The summed E-state index contributed by atoms with van der Waals surface area (Å²) < 4.78 is 0.651. The normalized spacial score (nSPS) is 20.5. The molecule has 1 saturated heterocycles. The van der Waals surface area contributed by atoms with Crippen molar-refractivity contribution in [1.29, 1.82) is 0 Å². The van der Waals surface area contributed by atoms with Crippen molar-refractivity contribution in [2.24, 2.45) is 0 Å². The number of anilines is 1. The van der Waals surface area contributed by atoms with Gasteiger partial charge in [-0.3, -0.25) is 14.5 Å². The Morgan fingerprint density at radius 2 is 2.38 bits per heavy atom. The number of rotatable bonds is 2. The summed E-state index contributed by atoms with van der Waals surface area (Å²) >= 11 is 5.73. The van der Waals surface area contributed by atoms with E-state index < -0.39 is 0 Å². The first-order valence-electron chi connectivity index (χ1n) is 4.53. The van der Waals surface area contributed by atoms with E-state index in [1.165, 1.54) is 30.0 Å². The van der Waals surface area contributed by atoms with E-state index >= 15 is 0 Å². The van der Waals surface area contributed by atoms with Gasteiger partial charge in [0.25, 0.3) is 0 Å². The third-order valence-electron chi connectivity index (χ3n) is 2.04. The van der Waals surface area contributed by atoms with Crippen LogP contribution in [-0.4, -0.2) is 33.0 Å². The second-order valence-corrected chi connectivity index (χ2v) is 6.99. The minimum Gasteiger partial charge on any atom is -0.288 e. The zero-order valence-corrected chi connectivity index (χ0v) is 11.6. The van der Waals surface area contributed by atoms with Crippen molar-refractivity contribution < 1.29 is 9.59 Å². The maximum absolute atomic E-state index is 11.7. The molecule has 0 aliphatic carbocycles. The molecule has 0 saturated carbocycles. The molecule has 1 aliphatic rings. The predicted octanol–water partition coefficient (Wildman–Crippen LogP) is 1.69. The van der Waals surface area contributed by atoms with Gasteiger partial charge in [0.05, 0.1) is 0 Å². The van der Waals surface area contributed by atoms with Crippen LogP contribution >= 0.6 is 39.0 Å². The Bertz CT molecular complexity index is 437. The fourth-order valence-electron chi connectivity index (χ4n) is 1.48. The Labute approximate surface area is 109 Å². The summed E-state index contributed by atoms with van der Waals surface area (Å²) in [6.07, 6.45) is 0.390. The Morgan fingerprint density at radius 1 is 1.62 bits per heavy atom. The monoisotopic (exact) mass is 321 g/mol. The van der Waals surface area contributed by atoms with Crippen molar-refractivity contribution >= 4 is 55.2 Å². The van der Waals surface area contributed by atoms with Gasteiger partial charge in [-0.15, -0.1) is 10.2 Å². The van der Waals surface area contributed by atoms with Gasteiger partial charge in [0.1, 0.15) is 0 Å². The molecule has 1 fully saturated rings. The minimum atomic E-state index is 0.00222. The first-order valence-corrected chi connectivity index (χ1v) is 7.02. The van der Waals surface area contributed by atoms with E-state index in [1.54, 1.807) is 4.90 Å². The van der Waals surface area contributed by atoms with Crippen molar-refractivity contribution in [2.75, 3.05) is 11.4 Å². The summed E-state index contributed by atoms with van der Waals surface area (Å²) in [4.78, 5) is 24.2. The highest BCUT2D eigenvalue weighted by Crippen LogP contribution is 2.31. The number of amides is 1. The molecule has 16 heavy (non-hydrogen) atoms. The molecule has 1 aromatic rings. The molecule has 2 rings (SSSR count). The summed E-state index contributed by atoms with van der Waals surface area (Å²) in [5, 5.41) is 8.35. The molecule has 0 aromatic carbocycles. The molecule has 1 aliphatic heterocycles. The number of carbonyl (C=O) groups excluding carboxylic acids is 2. The fourth-order valence-corrected chi connectivity index (χ4v) is 3.51. The zero-order chi connectivity index (χ0) is 11.7. The van der Waals surface area contributed by atoms with Crippen LogP contribution in [0.1, 0.15) is 13.3 Å². The maximum Gasteiger partial charge on any atom is 0.230 e. The quantitative estimate of drug-likeness (QED) is 0.829. The number of hydrogen-bond donors (Lipinski definition) is 0. The van der Waals surface area contributed by atoms with Crippen molar-refractivity contribution in [2.45, 2.75) is 18.6 Å². The van der Waals surface area contributed by atoms with Crippen LogP contribution in [0.5, 0.6) is 0 Å². The first-order chi connectivity index (χ1) is 7.56. The number of carbonyl (C=O) groups is 2. The lowest BCUT2D eigenvalue weighted by Gasteiger charge is -2.10. The van der Waals surface area contributed by atoms with Crippen LogP contribution in [0, 0.1) is 0 Å². The first kappa shape index (κ1) is 12.0. The molecule has 1 aromatic heterocycles. The van der Waals surface area contributed by atoms with Gasteiger partial charge in [0, 0.05) is 25.1 Å². The van der Waals surface area contributed by atoms with E-state index in [4.69, 9.17) is 0 Å². The molecular weight excluding hydrogens is 314 g/mol. The Kier molecular flexibility index (Phi) is 3.60. The molecule has 1 unspecified atom stereocenters. The van der Waals surface area contributed by atoms with Gasteiger partial charge in [0.2, 0.25) is 11.0 Å². The highest BCUT2D eigenvalue weighted by Gasteiger charge is 2.33. The van der Waals surface area contributed by atoms with E-state index in [9.17, 15) is 9.59 Å². The van der Waals surface area contributed by atoms with Gasteiger partial charge in [-0.2, -0.15) is 0 Å². The molecule has 1 atom stereocenters. The molecule has 0 radical (unpaired) electrons. The summed E-state index contributed by atoms with van der Waals surface area (Å²) in [6.45, 7) is 2.05. The Morgan fingerprint density at radius 3 is 2.94 bits per heavy atom. The largest absolute Gasteiger partial charge is 0.288 e. The summed E-state index contributed by atoms with van der Waals surface area (Å²) in [7, 11) is 0. The second-order valence-electron chi connectivity index (χ2n) is 3.28. The van der Waals surface area contributed by atoms with Gasteiger partial charge in [-0.1, -0.05) is 23.1 Å². The van der Waals surface area contributed by atoms with Crippen molar-refractivity contribution in [3.05, 3.63) is 3.92 Å². The number of hydrogen-bond acceptors (Lipinski definition) is 6. The molecular formula is C8H8BrN3O2S2. The highest BCUT2D eigenvalue weighted by molar-refractivity contribution is 9.11. The average molecular weight is 322 g/mol. The average Bonchev–Trinajstić information content (AvgIpc) is 2.72. The van der Waals surface area contributed by atoms with Crippen LogP contribution < -0.4 is 4.90 Å². The summed E-state index contributed by atoms with van der Waals surface area (Å²) in [6, 6.07) is 0. The Hall–Kier alpha value is -0.470. The smallest absolute Gasteiger partial charge is 0.230 e. The van der Waals surface area contributed by atoms with Gasteiger partial charge in [-0.25, -0.2) is 0 Å². The second kappa shape index (κ2) is 4.80. The van der Waals surface area contributed by atoms with Gasteiger partial charge >= 0.3 is 0 Å². The summed E-state index contributed by atoms with van der Waals surface area (Å²) in [5.41, 5.74) is 0. The lowest BCUT2D eigenvalue weighted by Crippen LogP contribution is -2.24. The maximum atomic E-state index is 11.7. The minimum absolute atomic E-state index is 0.00222. The Balaban J connectivity index is 2.08. The molecule has 1 amide bonds. The van der Waals surface area contributed by atoms with Crippen LogP contribution in [0.3, 0.4) is 0 Å². The molecule has 8 heteroatoms. The van der Waals surface area contributed by atoms with Crippen LogP contribution in [0.25, 0.3) is 0 Å². The van der Waals surface area contributed by atoms with Crippen molar-refractivity contribution in [3.63, 3.8) is 0 Å². The van der Waals surface area contributed by atoms with E-state index in [-0.39, 0.29) is 16.3 Å². The third-order valence-corrected chi connectivity index (χ3v) is 4.40. The van der Waals surface area contributed by atoms with Gasteiger partial charge < -0.3 is 0 Å².